The van der Waals surface area contributed by atoms with E-state index in [4.69, 9.17) is 16.3 Å². The van der Waals surface area contributed by atoms with Gasteiger partial charge >= 0.3 is 5.97 Å². The second-order valence-corrected chi connectivity index (χ2v) is 7.64. The van der Waals surface area contributed by atoms with Gasteiger partial charge < -0.3 is 10.1 Å². The topological polar surface area (TPSA) is 58.6 Å². The van der Waals surface area contributed by atoms with Gasteiger partial charge in [-0.3, -0.25) is 9.69 Å². The van der Waals surface area contributed by atoms with Crippen molar-refractivity contribution in [2.45, 2.75) is 26.3 Å². The molecule has 2 aromatic rings. The van der Waals surface area contributed by atoms with E-state index in [1.807, 2.05) is 0 Å². The highest BCUT2D eigenvalue weighted by Gasteiger charge is 2.26. The van der Waals surface area contributed by atoms with Gasteiger partial charge in [-0.25, -0.2) is 4.79 Å². The molecule has 148 valence electrons. The molecule has 3 rings (SSSR count). The monoisotopic (exact) mass is 400 g/mol. The molecule has 0 spiro atoms. The van der Waals surface area contributed by atoms with E-state index in [1.54, 1.807) is 18.2 Å². The third-order valence-electron chi connectivity index (χ3n) is 5.05. The number of methoxy groups -OCH3 is 1. The highest BCUT2D eigenvalue weighted by atomic mass is 35.5. The fourth-order valence-corrected chi connectivity index (χ4v) is 3.63. The Labute approximate surface area is 170 Å². The van der Waals surface area contributed by atoms with Crippen LogP contribution in [-0.4, -0.2) is 37.0 Å². The van der Waals surface area contributed by atoms with Crippen molar-refractivity contribution in [3.63, 3.8) is 0 Å². The molecule has 5 nitrogen and oxygen atoms in total. The van der Waals surface area contributed by atoms with E-state index in [1.165, 1.54) is 18.2 Å². The van der Waals surface area contributed by atoms with Gasteiger partial charge in [0, 0.05) is 13.1 Å². The Bertz CT molecular complexity index is 851. The van der Waals surface area contributed by atoms with E-state index in [0.717, 1.165) is 25.9 Å². The molecule has 1 heterocycles. The summed E-state index contributed by atoms with van der Waals surface area (Å²) < 4.78 is 4.73. The number of hydrogen-bond donors (Lipinski definition) is 1. The first-order chi connectivity index (χ1) is 13.5. The zero-order valence-electron chi connectivity index (χ0n) is 16.2. The molecule has 28 heavy (non-hydrogen) atoms. The summed E-state index contributed by atoms with van der Waals surface area (Å²) in [6.45, 7) is 4.60. The van der Waals surface area contributed by atoms with Gasteiger partial charge in [-0.15, -0.1) is 0 Å². The first-order valence-corrected chi connectivity index (χ1v) is 9.80. The Kier molecular flexibility index (Phi) is 6.70. The van der Waals surface area contributed by atoms with E-state index < -0.39 is 5.97 Å². The summed E-state index contributed by atoms with van der Waals surface area (Å²) in [5, 5.41) is 3.28. The largest absolute Gasteiger partial charge is 0.465 e. The summed E-state index contributed by atoms with van der Waals surface area (Å²) in [6.07, 6.45) is 1.81. The van der Waals surface area contributed by atoms with Gasteiger partial charge in [0.05, 0.1) is 29.3 Å². The molecule has 6 heteroatoms. The van der Waals surface area contributed by atoms with Gasteiger partial charge in [0.2, 0.25) is 5.91 Å². The van der Waals surface area contributed by atoms with E-state index in [0.29, 0.717) is 22.8 Å². The van der Waals surface area contributed by atoms with Crippen LogP contribution in [0.1, 0.15) is 34.3 Å². The highest BCUT2D eigenvalue weighted by Crippen LogP contribution is 2.26. The van der Waals surface area contributed by atoms with Crippen LogP contribution in [0, 0.1) is 12.8 Å². The molecular formula is C22H25ClN2O3. The fourth-order valence-electron chi connectivity index (χ4n) is 3.47. The minimum absolute atomic E-state index is 0.0717. The lowest BCUT2D eigenvalue weighted by Crippen LogP contribution is -2.40. The summed E-state index contributed by atoms with van der Waals surface area (Å²) in [6, 6.07) is 13.2. The third kappa shape index (κ3) is 5.12. The van der Waals surface area contributed by atoms with Crippen LogP contribution in [0.25, 0.3) is 0 Å². The van der Waals surface area contributed by atoms with Crippen LogP contribution in [0.3, 0.4) is 0 Å². The van der Waals surface area contributed by atoms with Crippen molar-refractivity contribution in [3.8, 4) is 0 Å². The van der Waals surface area contributed by atoms with Crippen molar-refractivity contribution in [2.24, 2.45) is 5.92 Å². The Morgan fingerprint density at radius 3 is 2.68 bits per heavy atom. The third-order valence-corrected chi connectivity index (χ3v) is 5.38. The summed E-state index contributed by atoms with van der Waals surface area (Å²) in [7, 11) is 1.32. The van der Waals surface area contributed by atoms with E-state index in [2.05, 4.69) is 41.4 Å². The average molecular weight is 401 g/mol. The summed E-state index contributed by atoms with van der Waals surface area (Å²) >= 11 is 6.20. The van der Waals surface area contributed by atoms with Gasteiger partial charge in [-0.2, -0.15) is 0 Å². The molecule has 0 saturated carbocycles. The molecule has 2 aromatic carbocycles. The quantitative estimate of drug-likeness (QED) is 0.761. The molecule has 0 aromatic heterocycles. The van der Waals surface area contributed by atoms with Gasteiger partial charge in [0.25, 0.3) is 0 Å². The Morgan fingerprint density at radius 1 is 1.21 bits per heavy atom. The van der Waals surface area contributed by atoms with Crippen molar-refractivity contribution in [1.82, 2.24) is 4.90 Å². The molecule has 0 bridgehead atoms. The van der Waals surface area contributed by atoms with Gasteiger partial charge in [0.15, 0.2) is 0 Å². The molecule has 0 aliphatic carbocycles. The lowest BCUT2D eigenvalue weighted by molar-refractivity contribution is -0.121. The molecule has 1 saturated heterocycles. The second kappa shape index (κ2) is 9.22. The Hall–Kier alpha value is -2.37. The number of halogens is 1. The number of anilines is 1. The first kappa shape index (κ1) is 20.4. The summed E-state index contributed by atoms with van der Waals surface area (Å²) in [5.41, 5.74) is 3.28. The second-order valence-electron chi connectivity index (χ2n) is 7.24. The minimum Gasteiger partial charge on any atom is -0.465 e. The number of piperidine rings is 1. The number of aryl methyl sites for hydroxylation is 1. The first-order valence-electron chi connectivity index (χ1n) is 9.43. The number of nitrogens with one attached hydrogen (secondary N) is 1. The Balaban J connectivity index is 1.64. The predicted molar refractivity (Wildman–Crippen MR) is 111 cm³/mol. The number of ether oxygens (including phenoxy) is 1. The molecule has 1 aliphatic heterocycles. The number of benzene rings is 2. The van der Waals surface area contributed by atoms with Gasteiger partial charge in [-0.05, 0) is 50.1 Å². The predicted octanol–water partition coefficient (Wildman–Crippen LogP) is 4.29. The van der Waals surface area contributed by atoms with E-state index in [9.17, 15) is 9.59 Å². The lowest BCUT2D eigenvalue weighted by Gasteiger charge is -2.32. The van der Waals surface area contributed by atoms with Crippen molar-refractivity contribution >= 4 is 29.2 Å². The molecule has 1 fully saturated rings. The van der Waals surface area contributed by atoms with Crippen LogP contribution in [0.2, 0.25) is 5.02 Å². The van der Waals surface area contributed by atoms with Crippen LogP contribution >= 0.6 is 11.6 Å². The van der Waals surface area contributed by atoms with Crippen LogP contribution in [-0.2, 0) is 16.1 Å². The van der Waals surface area contributed by atoms with Crippen molar-refractivity contribution in [2.75, 3.05) is 25.5 Å². The number of rotatable bonds is 5. The highest BCUT2D eigenvalue weighted by molar-refractivity contribution is 6.33. The zero-order valence-corrected chi connectivity index (χ0v) is 17.0. The summed E-state index contributed by atoms with van der Waals surface area (Å²) in [5.74, 6) is -0.649. The minimum atomic E-state index is -0.464. The molecule has 0 radical (unpaired) electrons. The number of likely N-dealkylation sites (tertiary alicyclic amines) is 1. The van der Waals surface area contributed by atoms with Crippen LogP contribution < -0.4 is 5.32 Å². The number of nitrogens with zero attached hydrogens (tertiary/aromatic N) is 1. The SMILES string of the molecule is COC(=O)c1ccc(Cl)c(NC(=O)C2CCCN(Cc3ccc(C)cc3)C2)c1. The number of esters is 1. The van der Waals surface area contributed by atoms with Gasteiger partial charge in [-0.1, -0.05) is 41.4 Å². The Morgan fingerprint density at radius 2 is 1.96 bits per heavy atom. The van der Waals surface area contributed by atoms with Crippen molar-refractivity contribution < 1.29 is 14.3 Å². The molecule has 1 aliphatic rings. The van der Waals surface area contributed by atoms with Crippen molar-refractivity contribution in [3.05, 3.63) is 64.2 Å². The number of hydrogen-bond acceptors (Lipinski definition) is 4. The number of carbonyl (C=O) groups is 2. The van der Waals surface area contributed by atoms with Crippen LogP contribution in [0.15, 0.2) is 42.5 Å². The maximum atomic E-state index is 12.8. The van der Waals surface area contributed by atoms with E-state index in [-0.39, 0.29) is 11.8 Å². The molecule has 1 N–H and O–H groups in total. The lowest BCUT2D eigenvalue weighted by atomic mass is 9.96. The van der Waals surface area contributed by atoms with Crippen molar-refractivity contribution in [1.29, 1.82) is 0 Å². The normalized spacial score (nSPS) is 17.2. The number of carbonyl (C=O) groups excluding carboxylic acids is 2. The molecule has 1 amide bonds. The average Bonchev–Trinajstić information content (AvgIpc) is 2.71. The zero-order chi connectivity index (χ0) is 20.1. The maximum absolute atomic E-state index is 12.8. The molecule has 1 atom stereocenters. The fraction of sp³-hybridized carbons (Fsp3) is 0.364. The number of amides is 1. The van der Waals surface area contributed by atoms with Crippen LogP contribution in [0.5, 0.6) is 0 Å². The molecule has 1 unspecified atom stereocenters. The van der Waals surface area contributed by atoms with E-state index >= 15 is 0 Å². The summed E-state index contributed by atoms with van der Waals surface area (Å²) in [4.78, 5) is 26.8. The van der Waals surface area contributed by atoms with Crippen LogP contribution in [0.4, 0.5) is 5.69 Å². The standard InChI is InChI=1S/C22H25ClN2O3/c1-15-5-7-16(8-6-15)13-25-11-3-4-18(14-25)21(26)24-20-12-17(22(27)28-2)9-10-19(20)23/h5-10,12,18H,3-4,11,13-14H2,1-2H3,(H,24,26). The van der Waals surface area contributed by atoms with Gasteiger partial charge in [0.1, 0.15) is 0 Å². The molecular weight excluding hydrogens is 376 g/mol. The maximum Gasteiger partial charge on any atom is 0.337 e. The smallest absolute Gasteiger partial charge is 0.337 e.